The molecule has 5 heteroatoms. The maximum absolute atomic E-state index is 12.4. The van der Waals surface area contributed by atoms with Crippen LogP contribution in [-0.2, 0) is 9.59 Å². The second kappa shape index (κ2) is 5.30. The lowest BCUT2D eigenvalue weighted by molar-refractivity contribution is -0.138. The topological polar surface area (TPSA) is 66.8 Å². The summed E-state index contributed by atoms with van der Waals surface area (Å²) in [6, 6.07) is 7.32. The fourth-order valence-electron chi connectivity index (χ4n) is 2.20. The van der Waals surface area contributed by atoms with Crippen LogP contribution in [0.3, 0.4) is 0 Å². The number of para-hydroxylation sites is 2. The van der Waals surface area contributed by atoms with E-state index >= 15 is 0 Å². The molecule has 0 aromatic heterocycles. The zero-order chi connectivity index (χ0) is 14.0. The number of carbonyl (C=O) groups excluding carboxylic acids is 1. The van der Waals surface area contributed by atoms with Crippen molar-refractivity contribution in [3.05, 3.63) is 24.3 Å². The SMILES string of the molecule is CC(C)N1C(=O)C(CCC(=O)O)Oc2ccccc21. The van der Waals surface area contributed by atoms with Gasteiger partial charge in [0.05, 0.1) is 5.69 Å². The molecule has 19 heavy (non-hydrogen) atoms. The van der Waals surface area contributed by atoms with Crippen molar-refractivity contribution in [3.8, 4) is 5.75 Å². The van der Waals surface area contributed by atoms with Crippen molar-refractivity contribution in [1.82, 2.24) is 0 Å². The molecule has 1 N–H and O–H groups in total. The van der Waals surface area contributed by atoms with Crippen molar-refractivity contribution in [2.45, 2.75) is 38.8 Å². The normalized spacial score (nSPS) is 18.2. The number of hydrogen-bond donors (Lipinski definition) is 1. The van der Waals surface area contributed by atoms with Crippen LogP contribution < -0.4 is 9.64 Å². The maximum Gasteiger partial charge on any atom is 0.303 e. The van der Waals surface area contributed by atoms with Gasteiger partial charge in [-0.3, -0.25) is 9.59 Å². The van der Waals surface area contributed by atoms with Crippen molar-refractivity contribution >= 4 is 17.6 Å². The van der Waals surface area contributed by atoms with Gasteiger partial charge in [-0.2, -0.15) is 0 Å². The zero-order valence-electron chi connectivity index (χ0n) is 11.0. The number of hydrogen-bond acceptors (Lipinski definition) is 3. The lowest BCUT2D eigenvalue weighted by atomic mass is 10.1. The molecule has 0 saturated heterocycles. The molecular formula is C14H17NO4. The van der Waals surface area contributed by atoms with Gasteiger partial charge in [-0.15, -0.1) is 0 Å². The van der Waals surface area contributed by atoms with Gasteiger partial charge in [0.25, 0.3) is 5.91 Å². The van der Waals surface area contributed by atoms with Crippen LogP contribution in [0.15, 0.2) is 24.3 Å². The fraction of sp³-hybridized carbons (Fsp3) is 0.429. The Bertz CT molecular complexity index is 498. The highest BCUT2D eigenvalue weighted by molar-refractivity contribution is 6.00. The van der Waals surface area contributed by atoms with Crippen LogP contribution in [0.25, 0.3) is 0 Å². The van der Waals surface area contributed by atoms with Crippen molar-refractivity contribution in [3.63, 3.8) is 0 Å². The van der Waals surface area contributed by atoms with Crippen LogP contribution in [0, 0.1) is 0 Å². The summed E-state index contributed by atoms with van der Waals surface area (Å²) in [5, 5.41) is 8.72. The van der Waals surface area contributed by atoms with E-state index in [1.807, 2.05) is 32.0 Å². The van der Waals surface area contributed by atoms with Crippen LogP contribution in [0.5, 0.6) is 5.75 Å². The summed E-state index contributed by atoms with van der Waals surface area (Å²) in [4.78, 5) is 24.7. The van der Waals surface area contributed by atoms with Crippen molar-refractivity contribution in [2.24, 2.45) is 0 Å². The number of carbonyl (C=O) groups is 2. The predicted molar refractivity (Wildman–Crippen MR) is 70.3 cm³/mol. The van der Waals surface area contributed by atoms with Crippen molar-refractivity contribution < 1.29 is 19.4 Å². The highest BCUT2D eigenvalue weighted by Gasteiger charge is 2.35. The summed E-state index contributed by atoms with van der Waals surface area (Å²) in [6.45, 7) is 3.85. The summed E-state index contributed by atoms with van der Waals surface area (Å²) < 4.78 is 5.62. The van der Waals surface area contributed by atoms with Gasteiger partial charge in [0, 0.05) is 18.9 Å². The molecule has 1 aromatic rings. The molecule has 1 heterocycles. The molecule has 2 rings (SSSR count). The molecule has 1 aliphatic heterocycles. The van der Waals surface area contributed by atoms with Crippen LogP contribution in [0.2, 0.25) is 0 Å². The average molecular weight is 263 g/mol. The quantitative estimate of drug-likeness (QED) is 0.902. The van der Waals surface area contributed by atoms with E-state index < -0.39 is 12.1 Å². The smallest absolute Gasteiger partial charge is 0.303 e. The number of carboxylic acids is 1. The molecular weight excluding hydrogens is 246 g/mol. The number of anilines is 1. The van der Waals surface area contributed by atoms with E-state index in [2.05, 4.69) is 0 Å². The first-order chi connectivity index (χ1) is 9.00. The Hall–Kier alpha value is -2.04. The summed E-state index contributed by atoms with van der Waals surface area (Å²) in [7, 11) is 0. The standard InChI is InChI=1S/C14H17NO4/c1-9(2)15-10-5-3-4-6-11(10)19-12(14(15)18)7-8-13(16)17/h3-6,9,12H,7-8H2,1-2H3,(H,16,17). The first-order valence-corrected chi connectivity index (χ1v) is 6.31. The van der Waals surface area contributed by atoms with Gasteiger partial charge in [-0.05, 0) is 26.0 Å². The molecule has 0 aliphatic carbocycles. The zero-order valence-corrected chi connectivity index (χ0v) is 11.0. The van der Waals surface area contributed by atoms with Gasteiger partial charge < -0.3 is 14.7 Å². The number of ether oxygens (including phenoxy) is 1. The van der Waals surface area contributed by atoms with Crippen LogP contribution in [0.4, 0.5) is 5.69 Å². The number of carboxylic acid groups (broad SMARTS) is 1. The Kier molecular flexibility index (Phi) is 3.74. The second-order valence-electron chi connectivity index (χ2n) is 4.81. The van der Waals surface area contributed by atoms with Crippen molar-refractivity contribution in [2.75, 3.05) is 4.90 Å². The Morgan fingerprint density at radius 1 is 1.42 bits per heavy atom. The average Bonchev–Trinajstić information content (AvgIpc) is 2.35. The third-order valence-corrected chi connectivity index (χ3v) is 3.04. The van der Waals surface area contributed by atoms with Crippen LogP contribution in [0.1, 0.15) is 26.7 Å². The molecule has 1 aliphatic rings. The first kappa shape index (κ1) is 13.4. The van der Waals surface area contributed by atoms with E-state index in [0.717, 1.165) is 5.69 Å². The van der Waals surface area contributed by atoms with Gasteiger partial charge >= 0.3 is 5.97 Å². The number of nitrogens with zero attached hydrogens (tertiary/aromatic N) is 1. The molecule has 5 nitrogen and oxygen atoms in total. The third kappa shape index (κ3) is 2.70. The van der Waals surface area contributed by atoms with Crippen LogP contribution in [-0.4, -0.2) is 29.1 Å². The summed E-state index contributed by atoms with van der Waals surface area (Å²) in [5.74, 6) is -0.465. The lowest BCUT2D eigenvalue weighted by Gasteiger charge is -2.36. The lowest BCUT2D eigenvalue weighted by Crippen LogP contribution is -2.49. The Labute approximate surface area is 111 Å². The highest BCUT2D eigenvalue weighted by atomic mass is 16.5. The number of fused-ring (bicyclic) bond motifs is 1. The van der Waals surface area contributed by atoms with E-state index in [-0.39, 0.29) is 24.8 Å². The summed E-state index contributed by atoms with van der Waals surface area (Å²) in [5.41, 5.74) is 0.745. The molecule has 102 valence electrons. The molecule has 1 amide bonds. The monoisotopic (exact) mass is 263 g/mol. The van der Waals surface area contributed by atoms with E-state index in [9.17, 15) is 9.59 Å². The van der Waals surface area contributed by atoms with E-state index in [0.29, 0.717) is 5.75 Å². The van der Waals surface area contributed by atoms with E-state index in [4.69, 9.17) is 9.84 Å². The Morgan fingerprint density at radius 3 is 2.74 bits per heavy atom. The summed E-state index contributed by atoms with van der Waals surface area (Å²) >= 11 is 0. The molecule has 0 fully saturated rings. The number of amides is 1. The van der Waals surface area contributed by atoms with Gasteiger partial charge in [0.1, 0.15) is 5.75 Å². The predicted octanol–water partition coefficient (Wildman–Crippen LogP) is 2.05. The Balaban J connectivity index is 2.28. The first-order valence-electron chi connectivity index (χ1n) is 6.31. The van der Waals surface area contributed by atoms with Gasteiger partial charge in [-0.25, -0.2) is 0 Å². The van der Waals surface area contributed by atoms with Gasteiger partial charge in [-0.1, -0.05) is 12.1 Å². The molecule has 0 radical (unpaired) electrons. The van der Waals surface area contributed by atoms with Crippen LogP contribution >= 0.6 is 0 Å². The molecule has 1 aromatic carbocycles. The maximum atomic E-state index is 12.4. The Morgan fingerprint density at radius 2 is 2.11 bits per heavy atom. The minimum absolute atomic E-state index is 0.00452. The molecule has 1 atom stereocenters. The summed E-state index contributed by atoms with van der Waals surface area (Å²) in [6.07, 6.45) is -0.607. The van der Waals surface area contributed by atoms with Crippen molar-refractivity contribution in [1.29, 1.82) is 0 Å². The van der Waals surface area contributed by atoms with E-state index in [1.165, 1.54) is 0 Å². The molecule has 0 bridgehead atoms. The van der Waals surface area contributed by atoms with Gasteiger partial charge in [0.15, 0.2) is 6.10 Å². The molecule has 1 unspecified atom stereocenters. The minimum atomic E-state index is -0.925. The molecule has 0 spiro atoms. The number of aliphatic carboxylic acids is 1. The second-order valence-corrected chi connectivity index (χ2v) is 4.81. The van der Waals surface area contributed by atoms with E-state index in [1.54, 1.807) is 11.0 Å². The highest BCUT2D eigenvalue weighted by Crippen LogP contribution is 2.35. The largest absolute Gasteiger partial charge is 0.481 e. The number of rotatable bonds is 4. The minimum Gasteiger partial charge on any atom is -0.481 e. The van der Waals surface area contributed by atoms with Gasteiger partial charge in [0.2, 0.25) is 0 Å². The number of benzene rings is 1. The third-order valence-electron chi connectivity index (χ3n) is 3.04. The molecule has 0 saturated carbocycles. The fourth-order valence-corrected chi connectivity index (χ4v) is 2.20.